The van der Waals surface area contributed by atoms with Gasteiger partial charge in [0, 0.05) is 71.6 Å². The van der Waals surface area contributed by atoms with Gasteiger partial charge >= 0.3 is 0 Å². The van der Waals surface area contributed by atoms with Gasteiger partial charge in [0.25, 0.3) is 15.7 Å². The van der Waals surface area contributed by atoms with Crippen LogP contribution in [0.3, 0.4) is 0 Å². The minimum atomic E-state index is -4.24. The Kier molecular flexibility index (Phi) is 11.8. The molecule has 0 spiro atoms. The summed E-state index contributed by atoms with van der Waals surface area (Å²) in [6, 6.07) is 35.8. The predicted octanol–water partition coefficient (Wildman–Crippen LogP) is 8.96. The van der Waals surface area contributed by atoms with Crippen LogP contribution in [0.4, 0.5) is 22.9 Å². The van der Waals surface area contributed by atoms with Crippen LogP contribution in [0.15, 0.2) is 131 Å². The normalized spacial score (nSPS) is 14.1. The number of hydrogen-bond acceptors (Lipinski definition) is 10. The summed E-state index contributed by atoms with van der Waals surface area (Å²) in [7, 11) is -4.24. The lowest BCUT2D eigenvalue weighted by Gasteiger charge is -2.36. The van der Waals surface area contributed by atoms with Crippen LogP contribution in [0.25, 0.3) is 22.0 Å². The summed E-state index contributed by atoms with van der Waals surface area (Å²) < 4.78 is 29.8. The van der Waals surface area contributed by atoms with Crippen molar-refractivity contribution in [2.75, 3.05) is 46.9 Å². The van der Waals surface area contributed by atoms with Gasteiger partial charge in [-0.3, -0.25) is 19.7 Å². The Morgan fingerprint density at radius 1 is 0.891 bits per heavy atom. The number of rotatable bonds is 14. The van der Waals surface area contributed by atoms with Crippen LogP contribution in [-0.4, -0.2) is 66.2 Å². The van der Waals surface area contributed by atoms with Crippen molar-refractivity contribution in [3.8, 4) is 11.1 Å². The average molecular weight is 794 g/mol. The number of hydrogen-bond donors (Lipinski definition) is 2. The predicted molar refractivity (Wildman–Crippen MR) is 223 cm³/mol. The third-order valence-corrected chi connectivity index (χ3v) is 12.4. The standard InChI is InChI=1S/C41H40ClN7O4S2/c1-2-32(27-54-34-9-4-3-5-10-34)45-38-19-17-35(25-40(38)49(50)51)55(52,53)46-41-37-18-16-33(24-39(37)43-28-44-41)48-22-20-47(21-23-48)26-30-8-6-7-11-36(30)29-12-14-31(42)15-13-29/h3-19,24-25,28,32,45H,2,20-23,26-27H2,1H3,(H,43,44,46)/t32-/m0/s1. The Morgan fingerprint density at radius 3 is 2.38 bits per heavy atom. The maximum absolute atomic E-state index is 13.6. The minimum Gasteiger partial charge on any atom is -0.376 e. The molecule has 1 aliphatic heterocycles. The van der Waals surface area contributed by atoms with E-state index in [4.69, 9.17) is 11.6 Å². The van der Waals surface area contributed by atoms with Crippen molar-refractivity contribution >= 4 is 67.2 Å². The van der Waals surface area contributed by atoms with Gasteiger partial charge in [0.2, 0.25) is 0 Å². The summed E-state index contributed by atoms with van der Waals surface area (Å²) in [5, 5.41) is 16.6. The molecule has 14 heteroatoms. The molecule has 1 fully saturated rings. The fraction of sp³-hybridized carbons (Fsp3) is 0.220. The third-order valence-electron chi connectivity index (χ3n) is 9.68. The molecule has 0 unspecified atom stereocenters. The third kappa shape index (κ3) is 9.19. The fourth-order valence-corrected chi connectivity index (χ4v) is 8.87. The van der Waals surface area contributed by atoms with Gasteiger partial charge in [-0.2, -0.15) is 0 Å². The Labute approximate surface area is 330 Å². The number of sulfonamides is 1. The van der Waals surface area contributed by atoms with E-state index in [9.17, 15) is 18.5 Å². The van der Waals surface area contributed by atoms with Crippen LogP contribution < -0.4 is 14.9 Å². The zero-order valence-electron chi connectivity index (χ0n) is 30.1. The molecular weight excluding hydrogens is 754 g/mol. The lowest BCUT2D eigenvalue weighted by molar-refractivity contribution is -0.384. The number of aromatic nitrogens is 2. The van der Waals surface area contributed by atoms with Crippen molar-refractivity contribution in [1.82, 2.24) is 14.9 Å². The molecule has 6 aromatic rings. The van der Waals surface area contributed by atoms with Crippen LogP contribution in [0.1, 0.15) is 18.9 Å². The lowest BCUT2D eigenvalue weighted by Crippen LogP contribution is -2.46. The molecular formula is C41H40ClN7O4S2. The number of anilines is 3. The van der Waals surface area contributed by atoms with Crippen LogP contribution in [0, 0.1) is 10.1 Å². The molecule has 1 saturated heterocycles. The molecule has 0 amide bonds. The summed E-state index contributed by atoms with van der Waals surface area (Å²) in [5.74, 6) is 0.772. The monoisotopic (exact) mass is 793 g/mol. The van der Waals surface area contributed by atoms with Gasteiger partial charge in [-0.1, -0.05) is 73.1 Å². The van der Waals surface area contributed by atoms with E-state index >= 15 is 0 Å². The van der Waals surface area contributed by atoms with Gasteiger partial charge in [0.05, 0.1) is 15.3 Å². The average Bonchev–Trinajstić information content (AvgIpc) is 3.20. The highest BCUT2D eigenvalue weighted by atomic mass is 35.5. The van der Waals surface area contributed by atoms with E-state index < -0.39 is 14.9 Å². The summed E-state index contributed by atoms with van der Waals surface area (Å²) >= 11 is 7.78. The number of nitro groups is 1. The van der Waals surface area contributed by atoms with Crippen molar-refractivity contribution < 1.29 is 13.3 Å². The SMILES string of the molecule is CC[C@@H](CSc1ccccc1)Nc1ccc(S(=O)(=O)Nc2ncnc3cc(N4CCN(Cc5ccccc5-c5ccc(Cl)cc5)CC4)ccc23)cc1[N+](=O)[O-]. The number of thioether (sulfide) groups is 1. The summed E-state index contributed by atoms with van der Waals surface area (Å²) in [6.45, 7) is 6.19. The Bertz CT molecular complexity index is 2400. The molecule has 1 aromatic heterocycles. The maximum atomic E-state index is 13.6. The summed E-state index contributed by atoms with van der Waals surface area (Å²) in [4.78, 5) is 25.8. The van der Waals surface area contributed by atoms with Crippen molar-refractivity contribution in [2.24, 2.45) is 0 Å². The van der Waals surface area contributed by atoms with Crippen LogP contribution in [-0.2, 0) is 16.6 Å². The van der Waals surface area contributed by atoms with Crippen molar-refractivity contribution in [1.29, 1.82) is 0 Å². The van der Waals surface area contributed by atoms with Gasteiger partial charge < -0.3 is 10.2 Å². The second-order valence-corrected chi connectivity index (χ2v) is 16.5. The zero-order chi connectivity index (χ0) is 38.4. The summed E-state index contributed by atoms with van der Waals surface area (Å²) in [5.41, 5.74) is 5.09. The Balaban J connectivity index is 1.01. The topological polar surface area (TPSA) is 134 Å². The molecule has 11 nitrogen and oxygen atoms in total. The number of benzene rings is 5. The highest BCUT2D eigenvalue weighted by molar-refractivity contribution is 7.99. The van der Waals surface area contributed by atoms with Gasteiger partial charge in [-0.25, -0.2) is 18.4 Å². The van der Waals surface area contributed by atoms with Crippen molar-refractivity contribution in [3.63, 3.8) is 0 Å². The Hall–Kier alpha value is -5.21. The van der Waals surface area contributed by atoms with E-state index in [1.54, 1.807) is 11.8 Å². The molecule has 0 radical (unpaired) electrons. The van der Waals surface area contributed by atoms with Crippen LogP contribution in [0.5, 0.6) is 0 Å². The molecule has 282 valence electrons. The minimum absolute atomic E-state index is 0.0751. The molecule has 0 bridgehead atoms. The number of nitrogens with one attached hydrogen (secondary N) is 2. The lowest BCUT2D eigenvalue weighted by atomic mass is 9.99. The molecule has 0 aliphatic carbocycles. The van der Waals surface area contributed by atoms with Crippen molar-refractivity contribution in [3.05, 3.63) is 142 Å². The highest BCUT2D eigenvalue weighted by Crippen LogP contribution is 2.33. The van der Waals surface area contributed by atoms with E-state index in [0.717, 1.165) is 61.4 Å². The number of nitrogens with zero attached hydrogens (tertiary/aromatic N) is 5. The first kappa shape index (κ1) is 38.1. The van der Waals surface area contributed by atoms with E-state index in [0.29, 0.717) is 21.7 Å². The van der Waals surface area contributed by atoms with E-state index in [2.05, 4.69) is 66.2 Å². The molecule has 7 rings (SSSR count). The second kappa shape index (κ2) is 17.1. The van der Waals surface area contributed by atoms with Crippen LogP contribution >= 0.6 is 23.4 Å². The number of halogens is 1. The second-order valence-electron chi connectivity index (χ2n) is 13.3. The molecule has 2 N–H and O–H groups in total. The first-order chi connectivity index (χ1) is 26.7. The van der Waals surface area contributed by atoms with Gasteiger partial charge in [-0.05, 0) is 77.7 Å². The molecule has 1 atom stereocenters. The maximum Gasteiger partial charge on any atom is 0.293 e. The smallest absolute Gasteiger partial charge is 0.293 e. The van der Waals surface area contributed by atoms with E-state index in [1.807, 2.05) is 67.6 Å². The molecule has 55 heavy (non-hydrogen) atoms. The fourth-order valence-electron chi connectivity index (χ4n) is 6.63. The Morgan fingerprint density at radius 2 is 1.64 bits per heavy atom. The first-order valence-corrected chi connectivity index (χ1v) is 20.8. The molecule has 5 aromatic carbocycles. The van der Waals surface area contributed by atoms with E-state index in [1.165, 1.54) is 29.6 Å². The van der Waals surface area contributed by atoms with Gasteiger partial charge in [-0.15, -0.1) is 11.8 Å². The van der Waals surface area contributed by atoms with Crippen molar-refractivity contribution in [2.45, 2.75) is 35.7 Å². The largest absolute Gasteiger partial charge is 0.376 e. The van der Waals surface area contributed by atoms with E-state index in [-0.39, 0.29) is 28.1 Å². The molecule has 1 aliphatic rings. The molecule has 2 heterocycles. The number of piperazine rings is 1. The molecule has 0 saturated carbocycles. The zero-order valence-corrected chi connectivity index (χ0v) is 32.5. The first-order valence-electron chi connectivity index (χ1n) is 18.0. The van der Waals surface area contributed by atoms with Gasteiger partial charge in [0.15, 0.2) is 5.82 Å². The number of fused-ring (bicyclic) bond motifs is 1. The summed E-state index contributed by atoms with van der Waals surface area (Å²) in [6.07, 6.45) is 2.03. The quantitative estimate of drug-likeness (QED) is 0.0626. The van der Waals surface area contributed by atoms with Gasteiger partial charge in [0.1, 0.15) is 12.0 Å². The van der Waals surface area contributed by atoms with Crippen LogP contribution in [0.2, 0.25) is 5.02 Å². The highest BCUT2D eigenvalue weighted by Gasteiger charge is 2.25. The number of nitro benzene ring substituents is 1.